The molecule has 1 aliphatic heterocycles. The number of nitriles is 1. The van der Waals surface area contributed by atoms with Gasteiger partial charge in [0.1, 0.15) is 0 Å². The van der Waals surface area contributed by atoms with E-state index in [1.54, 1.807) is 11.8 Å². The van der Waals surface area contributed by atoms with Crippen LogP contribution in [0.3, 0.4) is 0 Å². The minimum absolute atomic E-state index is 0.141. The normalized spacial score (nSPS) is 14.2. The summed E-state index contributed by atoms with van der Waals surface area (Å²) in [6, 6.07) is 23.5. The molecule has 0 unspecified atom stereocenters. The zero-order chi connectivity index (χ0) is 19.3. The van der Waals surface area contributed by atoms with Crippen LogP contribution in [0.5, 0.6) is 0 Å². The fraction of sp³-hybridized carbons (Fsp3) is 0.120. The molecular formula is C25H18N2S. The number of pyridine rings is 1. The molecule has 134 valence electrons. The van der Waals surface area contributed by atoms with E-state index >= 15 is 0 Å². The molecule has 0 saturated heterocycles. The minimum Gasteiger partial charge on any atom is -0.263 e. The Hall–Kier alpha value is -3.09. The number of rotatable bonds is 1. The van der Waals surface area contributed by atoms with Crippen LogP contribution in [0.2, 0.25) is 0 Å². The Morgan fingerprint density at radius 1 is 0.857 bits per heavy atom. The van der Waals surface area contributed by atoms with Crippen molar-refractivity contribution in [1.29, 1.82) is 5.26 Å². The lowest BCUT2D eigenvalue weighted by molar-refractivity contribution is 0.607. The summed E-state index contributed by atoms with van der Waals surface area (Å²) in [6.07, 6.45) is 3.74. The third-order valence-electron chi connectivity index (χ3n) is 5.65. The summed E-state index contributed by atoms with van der Waals surface area (Å²) in [7, 11) is 0. The van der Waals surface area contributed by atoms with E-state index in [4.69, 9.17) is 0 Å². The number of benzene rings is 3. The number of hydrogen-bond donors (Lipinski definition) is 0. The lowest BCUT2D eigenvalue weighted by atomic mass is 9.76. The van der Waals surface area contributed by atoms with Crippen molar-refractivity contribution < 1.29 is 0 Å². The van der Waals surface area contributed by atoms with Gasteiger partial charge in [-0.2, -0.15) is 5.26 Å². The number of fused-ring (bicyclic) bond motifs is 3. The number of aromatic nitrogens is 1. The first-order valence-corrected chi connectivity index (χ1v) is 10.1. The van der Waals surface area contributed by atoms with Crippen molar-refractivity contribution in [1.82, 2.24) is 4.98 Å². The van der Waals surface area contributed by atoms with Gasteiger partial charge in [-0.15, -0.1) is 0 Å². The predicted octanol–water partition coefficient (Wildman–Crippen LogP) is 6.56. The Morgan fingerprint density at radius 2 is 1.64 bits per heavy atom. The summed E-state index contributed by atoms with van der Waals surface area (Å²) in [4.78, 5) is 6.92. The molecule has 2 nitrogen and oxygen atoms in total. The summed E-state index contributed by atoms with van der Waals surface area (Å²) >= 11 is 1.79. The zero-order valence-corrected chi connectivity index (χ0v) is 16.5. The maximum absolute atomic E-state index is 9.94. The quantitative estimate of drug-likeness (QED) is 0.376. The van der Waals surface area contributed by atoms with E-state index in [0.29, 0.717) is 5.56 Å². The van der Waals surface area contributed by atoms with Crippen LogP contribution in [0, 0.1) is 11.3 Å². The van der Waals surface area contributed by atoms with Gasteiger partial charge in [0, 0.05) is 44.1 Å². The largest absolute Gasteiger partial charge is 0.263 e. The molecule has 0 amide bonds. The Bertz CT molecular complexity index is 1280. The van der Waals surface area contributed by atoms with Gasteiger partial charge < -0.3 is 0 Å². The van der Waals surface area contributed by atoms with E-state index in [2.05, 4.69) is 73.4 Å². The number of nitrogens with zero attached hydrogens (tertiary/aromatic N) is 2. The Labute approximate surface area is 168 Å². The van der Waals surface area contributed by atoms with Crippen molar-refractivity contribution in [3.05, 3.63) is 89.7 Å². The average Bonchev–Trinajstić information content (AvgIpc) is 2.73. The standard InChI is InChI=1S/C25H18N2S/c1-25(2)21-9-5-6-10-23(21)28-24-12-19(17(13-26)11-22(24)25)20-15-27-14-16-7-3-4-8-18(16)20/h3-12,14-15H,1-2H3. The van der Waals surface area contributed by atoms with E-state index in [0.717, 1.165) is 21.9 Å². The highest BCUT2D eigenvalue weighted by molar-refractivity contribution is 7.99. The van der Waals surface area contributed by atoms with Crippen LogP contribution in [0.15, 0.2) is 82.8 Å². The van der Waals surface area contributed by atoms with Crippen LogP contribution >= 0.6 is 11.8 Å². The molecule has 0 fully saturated rings. The summed E-state index contributed by atoms with van der Waals surface area (Å²) in [5.41, 5.74) is 5.05. The summed E-state index contributed by atoms with van der Waals surface area (Å²) < 4.78 is 0. The average molecular weight is 379 g/mol. The van der Waals surface area contributed by atoms with Crippen LogP contribution in [-0.2, 0) is 5.41 Å². The fourth-order valence-electron chi connectivity index (χ4n) is 4.13. The molecule has 0 spiro atoms. The first kappa shape index (κ1) is 17.0. The van der Waals surface area contributed by atoms with E-state index in [9.17, 15) is 5.26 Å². The Kier molecular flexibility index (Phi) is 3.79. The third-order valence-corrected chi connectivity index (χ3v) is 6.79. The molecule has 0 saturated carbocycles. The monoisotopic (exact) mass is 378 g/mol. The maximum Gasteiger partial charge on any atom is 0.0998 e. The van der Waals surface area contributed by atoms with Crippen molar-refractivity contribution in [2.24, 2.45) is 0 Å². The van der Waals surface area contributed by atoms with Crippen LogP contribution in [-0.4, -0.2) is 4.98 Å². The second kappa shape index (κ2) is 6.22. The third kappa shape index (κ3) is 2.46. The minimum atomic E-state index is -0.141. The van der Waals surface area contributed by atoms with Gasteiger partial charge in [0.05, 0.1) is 11.6 Å². The van der Waals surface area contributed by atoms with Gasteiger partial charge in [0.15, 0.2) is 0 Å². The predicted molar refractivity (Wildman–Crippen MR) is 115 cm³/mol. The van der Waals surface area contributed by atoms with Gasteiger partial charge in [0.25, 0.3) is 0 Å². The highest BCUT2D eigenvalue weighted by atomic mass is 32.2. The molecule has 0 N–H and O–H groups in total. The summed E-state index contributed by atoms with van der Waals surface area (Å²) in [6.45, 7) is 4.48. The van der Waals surface area contributed by atoms with Crippen molar-refractivity contribution in [2.75, 3.05) is 0 Å². The van der Waals surface area contributed by atoms with Gasteiger partial charge in [0.2, 0.25) is 0 Å². The molecule has 0 radical (unpaired) electrons. The molecule has 3 heteroatoms. The van der Waals surface area contributed by atoms with Gasteiger partial charge in [-0.25, -0.2) is 0 Å². The molecule has 3 aromatic carbocycles. The van der Waals surface area contributed by atoms with Gasteiger partial charge in [-0.3, -0.25) is 4.98 Å². The molecular weight excluding hydrogens is 360 g/mol. The molecule has 1 aromatic heterocycles. The maximum atomic E-state index is 9.94. The highest BCUT2D eigenvalue weighted by Gasteiger charge is 2.33. The van der Waals surface area contributed by atoms with Crippen molar-refractivity contribution in [3.63, 3.8) is 0 Å². The highest BCUT2D eigenvalue weighted by Crippen LogP contribution is 2.50. The van der Waals surface area contributed by atoms with Crippen LogP contribution in [0.25, 0.3) is 21.9 Å². The smallest absolute Gasteiger partial charge is 0.0998 e. The van der Waals surface area contributed by atoms with Crippen LogP contribution in [0.4, 0.5) is 0 Å². The second-order valence-corrected chi connectivity index (χ2v) is 8.72. The topological polar surface area (TPSA) is 36.7 Å². The van der Waals surface area contributed by atoms with Crippen molar-refractivity contribution >= 4 is 22.5 Å². The molecule has 0 bridgehead atoms. The van der Waals surface area contributed by atoms with Crippen molar-refractivity contribution in [2.45, 2.75) is 29.1 Å². The Balaban J connectivity index is 1.79. The van der Waals surface area contributed by atoms with E-state index in [1.807, 2.05) is 24.5 Å². The van der Waals surface area contributed by atoms with Gasteiger partial charge >= 0.3 is 0 Å². The molecule has 0 atom stereocenters. The second-order valence-electron chi connectivity index (χ2n) is 7.64. The molecule has 5 rings (SSSR count). The van der Waals surface area contributed by atoms with Crippen LogP contribution in [0.1, 0.15) is 30.5 Å². The molecule has 28 heavy (non-hydrogen) atoms. The lowest BCUT2D eigenvalue weighted by Gasteiger charge is -2.35. The Morgan fingerprint density at radius 3 is 2.50 bits per heavy atom. The first-order valence-electron chi connectivity index (χ1n) is 9.29. The SMILES string of the molecule is CC1(C)c2ccccc2Sc2cc(-c3cncc4ccccc34)c(C#N)cc21. The molecule has 2 heterocycles. The van der Waals surface area contributed by atoms with E-state index < -0.39 is 0 Å². The summed E-state index contributed by atoms with van der Waals surface area (Å²) in [5.74, 6) is 0. The van der Waals surface area contributed by atoms with Gasteiger partial charge in [-0.1, -0.05) is 68.1 Å². The van der Waals surface area contributed by atoms with E-state index in [1.165, 1.54) is 20.9 Å². The number of hydrogen-bond acceptors (Lipinski definition) is 3. The zero-order valence-electron chi connectivity index (χ0n) is 15.7. The van der Waals surface area contributed by atoms with Crippen LogP contribution < -0.4 is 0 Å². The van der Waals surface area contributed by atoms with Gasteiger partial charge in [-0.05, 0) is 34.7 Å². The van der Waals surface area contributed by atoms with Crippen molar-refractivity contribution in [3.8, 4) is 17.2 Å². The molecule has 0 aliphatic carbocycles. The first-order chi connectivity index (χ1) is 13.6. The molecule has 4 aromatic rings. The summed E-state index contributed by atoms with van der Waals surface area (Å²) in [5, 5.41) is 12.1. The molecule has 1 aliphatic rings. The fourth-order valence-corrected chi connectivity index (χ4v) is 5.55. The van der Waals surface area contributed by atoms with E-state index in [-0.39, 0.29) is 5.41 Å². The lowest BCUT2D eigenvalue weighted by Crippen LogP contribution is -2.24.